The number of hydrogen-bond acceptors (Lipinski definition) is 1. The molecule has 1 aromatic carbocycles. The number of aromatic nitrogens is 1. The van der Waals surface area contributed by atoms with E-state index < -0.39 is 0 Å². The summed E-state index contributed by atoms with van der Waals surface area (Å²) in [6.45, 7) is 2.11. The van der Waals surface area contributed by atoms with Gasteiger partial charge in [-0.15, -0.1) is 0 Å². The topological polar surface area (TPSA) is 32.9 Å². The molecule has 1 fully saturated rings. The van der Waals surface area contributed by atoms with Crippen molar-refractivity contribution in [2.24, 2.45) is 5.41 Å². The van der Waals surface area contributed by atoms with Crippen LogP contribution in [0.15, 0.2) is 28.9 Å². The van der Waals surface area contributed by atoms with E-state index in [1.807, 2.05) is 24.4 Å². The Bertz CT molecular complexity index is 608. The molecule has 1 heterocycles. The monoisotopic (exact) mass is 305 g/mol. The van der Waals surface area contributed by atoms with Crippen LogP contribution in [0.2, 0.25) is 0 Å². The maximum atomic E-state index is 12.7. The van der Waals surface area contributed by atoms with Crippen LogP contribution in [0.5, 0.6) is 0 Å². The molecule has 1 aliphatic rings. The number of rotatable bonds is 2. The first kappa shape index (κ1) is 12.0. The van der Waals surface area contributed by atoms with Crippen LogP contribution >= 0.6 is 15.9 Å². The quantitative estimate of drug-likeness (QED) is 0.802. The van der Waals surface area contributed by atoms with Gasteiger partial charge in [-0.05, 0) is 25.0 Å². The van der Waals surface area contributed by atoms with Crippen molar-refractivity contribution in [3.05, 3.63) is 34.4 Å². The van der Waals surface area contributed by atoms with Gasteiger partial charge in [0.2, 0.25) is 0 Å². The fraction of sp³-hybridized carbons (Fsp3) is 0.400. The minimum atomic E-state index is -0.151. The van der Waals surface area contributed by atoms with E-state index in [1.54, 1.807) is 0 Å². The van der Waals surface area contributed by atoms with E-state index in [2.05, 4.69) is 27.8 Å². The molecule has 0 unspecified atom stereocenters. The van der Waals surface area contributed by atoms with Crippen LogP contribution in [0.3, 0.4) is 0 Å². The highest BCUT2D eigenvalue weighted by molar-refractivity contribution is 9.10. The molecular formula is C15H16BrNO. The summed E-state index contributed by atoms with van der Waals surface area (Å²) in [6.07, 6.45) is 6.26. The Kier molecular flexibility index (Phi) is 2.81. The molecule has 2 aromatic rings. The zero-order chi connectivity index (χ0) is 12.8. The maximum absolute atomic E-state index is 12.7. The Morgan fingerprint density at radius 3 is 2.78 bits per heavy atom. The molecule has 1 saturated carbocycles. The smallest absolute Gasteiger partial charge is 0.170 e. The number of halogens is 1. The number of carbonyl (C=O) groups excluding carboxylic acids is 1. The number of hydrogen-bond donors (Lipinski definition) is 1. The van der Waals surface area contributed by atoms with Crippen LogP contribution in [0.25, 0.3) is 10.9 Å². The molecule has 2 nitrogen and oxygen atoms in total. The van der Waals surface area contributed by atoms with Gasteiger partial charge >= 0.3 is 0 Å². The van der Waals surface area contributed by atoms with Gasteiger partial charge < -0.3 is 4.98 Å². The van der Waals surface area contributed by atoms with Crippen molar-refractivity contribution < 1.29 is 4.79 Å². The molecule has 3 rings (SSSR count). The molecular weight excluding hydrogens is 290 g/mol. The third-order valence-electron chi connectivity index (χ3n) is 4.14. The number of fused-ring (bicyclic) bond motifs is 1. The van der Waals surface area contributed by atoms with Crippen molar-refractivity contribution in [1.82, 2.24) is 4.98 Å². The highest BCUT2D eigenvalue weighted by atomic mass is 79.9. The Morgan fingerprint density at radius 2 is 2.06 bits per heavy atom. The summed E-state index contributed by atoms with van der Waals surface area (Å²) in [5, 5.41) is 1.04. The standard InChI is InChI=1S/C15H16BrNO/c1-15(6-2-3-7-15)14(18)12-9-17-13-8-10(16)4-5-11(12)13/h4-5,8-9,17H,2-3,6-7H2,1H3. The van der Waals surface area contributed by atoms with Crippen molar-refractivity contribution in [3.63, 3.8) is 0 Å². The molecule has 18 heavy (non-hydrogen) atoms. The number of nitrogens with one attached hydrogen (secondary N) is 1. The van der Waals surface area contributed by atoms with E-state index in [1.165, 1.54) is 12.8 Å². The summed E-state index contributed by atoms with van der Waals surface area (Å²) < 4.78 is 1.03. The lowest BCUT2D eigenvalue weighted by atomic mass is 9.81. The molecule has 0 atom stereocenters. The van der Waals surface area contributed by atoms with Crippen LogP contribution in [-0.4, -0.2) is 10.8 Å². The Hall–Kier alpha value is -1.09. The Labute approximate surface area is 115 Å². The molecule has 0 spiro atoms. The summed E-state index contributed by atoms with van der Waals surface area (Å²) in [7, 11) is 0. The van der Waals surface area contributed by atoms with Crippen LogP contribution in [0, 0.1) is 5.41 Å². The SMILES string of the molecule is CC1(C(=O)c2c[nH]c3cc(Br)ccc23)CCCC1. The van der Waals surface area contributed by atoms with Crippen LogP contribution in [-0.2, 0) is 0 Å². The van der Waals surface area contributed by atoms with Crippen LogP contribution in [0.4, 0.5) is 0 Å². The molecule has 0 bridgehead atoms. The first-order chi connectivity index (χ1) is 8.60. The van der Waals surface area contributed by atoms with Gasteiger partial charge in [0.15, 0.2) is 5.78 Å². The molecule has 1 N–H and O–H groups in total. The molecule has 3 heteroatoms. The molecule has 1 aromatic heterocycles. The van der Waals surface area contributed by atoms with Gasteiger partial charge in [0.25, 0.3) is 0 Å². The van der Waals surface area contributed by atoms with Crippen LogP contribution < -0.4 is 0 Å². The van der Waals surface area contributed by atoms with Gasteiger partial charge in [-0.1, -0.05) is 41.8 Å². The number of ketones is 1. The van der Waals surface area contributed by atoms with Gasteiger partial charge in [0.1, 0.15) is 0 Å². The molecule has 1 aliphatic carbocycles. The van der Waals surface area contributed by atoms with Gasteiger partial charge in [-0.25, -0.2) is 0 Å². The lowest BCUT2D eigenvalue weighted by Gasteiger charge is -2.21. The fourth-order valence-corrected chi connectivity index (χ4v) is 3.35. The van der Waals surface area contributed by atoms with Crippen molar-refractivity contribution in [3.8, 4) is 0 Å². The molecule has 0 amide bonds. The van der Waals surface area contributed by atoms with E-state index in [0.29, 0.717) is 5.78 Å². The average Bonchev–Trinajstić information content (AvgIpc) is 2.95. The van der Waals surface area contributed by atoms with Crippen molar-refractivity contribution >= 4 is 32.6 Å². The van der Waals surface area contributed by atoms with E-state index in [-0.39, 0.29) is 5.41 Å². The van der Waals surface area contributed by atoms with Gasteiger partial charge in [-0.2, -0.15) is 0 Å². The number of Topliss-reactive ketones (excluding diaryl/α,β-unsaturated/α-hetero) is 1. The minimum absolute atomic E-state index is 0.151. The lowest BCUT2D eigenvalue weighted by molar-refractivity contribution is 0.0825. The second-order valence-corrected chi connectivity index (χ2v) is 6.40. The molecule has 0 radical (unpaired) electrons. The first-order valence-electron chi connectivity index (χ1n) is 6.42. The number of benzene rings is 1. The summed E-state index contributed by atoms with van der Waals surface area (Å²) in [5.41, 5.74) is 1.72. The highest BCUT2D eigenvalue weighted by Gasteiger charge is 2.37. The average molecular weight is 306 g/mol. The van der Waals surface area contributed by atoms with Gasteiger partial charge in [-0.3, -0.25) is 4.79 Å². The molecule has 0 saturated heterocycles. The third kappa shape index (κ3) is 1.81. The molecule has 0 aliphatic heterocycles. The lowest BCUT2D eigenvalue weighted by Crippen LogP contribution is -2.24. The van der Waals surface area contributed by atoms with Gasteiger partial charge in [0.05, 0.1) is 0 Å². The summed E-state index contributed by atoms with van der Waals surface area (Å²) in [4.78, 5) is 15.9. The number of carbonyl (C=O) groups is 1. The Morgan fingerprint density at radius 1 is 1.33 bits per heavy atom. The van der Waals surface area contributed by atoms with Gasteiger partial charge in [0, 0.05) is 32.6 Å². The van der Waals surface area contributed by atoms with E-state index in [4.69, 9.17) is 0 Å². The number of aromatic amines is 1. The van der Waals surface area contributed by atoms with E-state index in [0.717, 1.165) is 33.8 Å². The van der Waals surface area contributed by atoms with E-state index in [9.17, 15) is 4.79 Å². The summed E-state index contributed by atoms with van der Waals surface area (Å²) >= 11 is 3.45. The second kappa shape index (κ2) is 4.23. The largest absolute Gasteiger partial charge is 0.360 e. The van der Waals surface area contributed by atoms with E-state index >= 15 is 0 Å². The third-order valence-corrected chi connectivity index (χ3v) is 4.64. The second-order valence-electron chi connectivity index (χ2n) is 5.49. The normalized spacial score (nSPS) is 18.3. The van der Waals surface area contributed by atoms with Crippen molar-refractivity contribution in [2.75, 3.05) is 0 Å². The predicted octanol–water partition coefficient (Wildman–Crippen LogP) is 4.69. The number of H-pyrrole nitrogens is 1. The van der Waals surface area contributed by atoms with Crippen molar-refractivity contribution in [2.45, 2.75) is 32.6 Å². The highest BCUT2D eigenvalue weighted by Crippen LogP contribution is 2.41. The summed E-state index contributed by atoms with van der Waals surface area (Å²) in [6, 6.07) is 6.02. The Balaban J connectivity index is 2.07. The van der Waals surface area contributed by atoms with Crippen molar-refractivity contribution in [1.29, 1.82) is 0 Å². The minimum Gasteiger partial charge on any atom is -0.360 e. The molecule has 94 valence electrons. The maximum Gasteiger partial charge on any atom is 0.170 e. The predicted molar refractivity (Wildman–Crippen MR) is 76.9 cm³/mol. The first-order valence-corrected chi connectivity index (χ1v) is 7.21. The fourth-order valence-electron chi connectivity index (χ4n) is 2.99. The summed E-state index contributed by atoms with van der Waals surface area (Å²) in [5.74, 6) is 0.300. The zero-order valence-electron chi connectivity index (χ0n) is 10.4. The van der Waals surface area contributed by atoms with Crippen LogP contribution in [0.1, 0.15) is 43.0 Å². The zero-order valence-corrected chi connectivity index (χ0v) is 12.0.